The molecule has 0 radical (unpaired) electrons. The molecular formula is C48H56N2O21. The van der Waals surface area contributed by atoms with Gasteiger partial charge in [0.1, 0.15) is 0 Å². The Bertz CT molecular complexity index is 2700. The second-order valence-electron chi connectivity index (χ2n) is 18.3. The minimum atomic E-state index is -2.69. The molecule has 2 fully saturated rings. The molecule has 2 heterocycles. The van der Waals surface area contributed by atoms with Gasteiger partial charge in [0.2, 0.25) is 47.0 Å². The highest BCUT2D eigenvalue weighted by molar-refractivity contribution is 6.08. The van der Waals surface area contributed by atoms with Gasteiger partial charge in [0.05, 0.1) is 49.9 Å². The van der Waals surface area contributed by atoms with Gasteiger partial charge in [0.25, 0.3) is 5.91 Å². The number of fused-ring (bicyclic) bond motifs is 2. The summed E-state index contributed by atoms with van der Waals surface area (Å²) in [5, 5.41) is 156. The first-order chi connectivity index (χ1) is 33.5. The van der Waals surface area contributed by atoms with E-state index in [0.717, 1.165) is 7.11 Å². The number of carbonyl (C=O) groups is 2. The molecule has 0 spiro atoms. The van der Waals surface area contributed by atoms with Crippen LogP contribution in [0, 0.1) is 23.7 Å². The first-order valence-electron chi connectivity index (χ1n) is 22.6. The van der Waals surface area contributed by atoms with E-state index in [4.69, 9.17) is 23.7 Å². The van der Waals surface area contributed by atoms with E-state index in [-0.39, 0.29) is 104 Å². The average molecular weight is 997 g/mol. The summed E-state index contributed by atoms with van der Waals surface area (Å²) in [6.07, 6.45) is -0.621. The summed E-state index contributed by atoms with van der Waals surface area (Å²) in [4.78, 5) is 30.4. The van der Waals surface area contributed by atoms with Gasteiger partial charge in [-0.1, -0.05) is 30.3 Å². The van der Waals surface area contributed by atoms with Crippen LogP contribution in [-0.2, 0) is 25.3 Å². The predicted molar refractivity (Wildman–Crippen MR) is 241 cm³/mol. The molecule has 14 N–H and O–H groups in total. The van der Waals surface area contributed by atoms with Gasteiger partial charge in [0.15, 0.2) is 57.6 Å². The Labute approximate surface area is 404 Å². The summed E-state index contributed by atoms with van der Waals surface area (Å²) in [7, 11) is 3.51. The zero-order valence-electron chi connectivity index (χ0n) is 38.7. The molecule has 8 rings (SSSR count). The molecule has 2 unspecified atom stereocenters. The van der Waals surface area contributed by atoms with Gasteiger partial charge in [0, 0.05) is 48.2 Å². The standard InChI is InChI=1S/C48H56N2O21/c1-67-42-33(53)24-17-27(35(55)29(24)37(57)44(42)69-3)46(61,62)21-9-13-49(14-10-21)19-26-31(51)39(59)41(40(60)32(26)52)70-20-71-45-38(58)30-25(34(54)43(45)68-2)18-28(36(30)56)47(63,64)22-11-15-50(16-12-22)48(65,66)23-7-5-4-6-8-23/h4-8,21-22,27-28,51-54,57-66H,9-20H2,1-3H3. The van der Waals surface area contributed by atoms with E-state index >= 15 is 0 Å². The quantitative estimate of drug-likeness (QED) is 0.0453. The Morgan fingerprint density at radius 2 is 0.930 bits per heavy atom. The SMILES string of the molecule is COc1c(O)c2c(c(O)c1OC)C(=O)C(C(O)(O)C1CCN(Cc3c(O)c(O)c(OCOc4c(O)c5c(c(O)c4OC)CC(C(O)(O)C4CCN(C(O)(O)c6ccccc6)CC4)C5=O)c(O)c3O)CC1)C2. The lowest BCUT2D eigenvalue weighted by molar-refractivity contribution is -0.293. The maximum absolute atomic E-state index is 13.9. The number of aromatic hydroxyl groups is 8. The maximum Gasteiger partial charge on any atom is 0.253 e. The molecule has 384 valence electrons. The van der Waals surface area contributed by atoms with Crippen LogP contribution in [0.1, 0.15) is 68.7 Å². The molecule has 23 heteroatoms. The van der Waals surface area contributed by atoms with Gasteiger partial charge in [-0.3, -0.25) is 14.5 Å². The van der Waals surface area contributed by atoms with Crippen LogP contribution in [0.5, 0.6) is 74.7 Å². The summed E-state index contributed by atoms with van der Waals surface area (Å²) in [5.74, 6) is -23.6. The number of benzene rings is 4. The maximum atomic E-state index is 13.9. The molecule has 4 aromatic rings. The third-order valence-electron chi connectivity index (χ3n) is 14.6. The van der Waals surface area contributed by atoms with E-state index in [2.05, 4.69) is 0 Å². The fourth-order valence-electron chi connectivity index (χ4n) is 10.6. The predicted octanol–water partition coefficient (Wildman–Crippen LogP) is 1.26. The fraction of sp³-hybridized carbons (Fsp3) is 0.458. The molecule has 2 saturated heterocycles. The van der Waals surface area contributed by atoms with E-state index in [1.165, 1.54) is 31.3 Å². The lowest BCUT2D eigenvalue weighted by Crippen LogP contribution is -2.55. The van der Waals surface area contributed by atoms with Crippen molar-refractivity contribution in [3.63, 3.8) is 0 Å². The van der Waals surface area contributed by atoms with Crippen molar-refractivity contribution >= 4 is 11.6 Å². The van der Waals surface area contributed by atoms with Crippen molar-refractivity contribution in [2.45, 2.75) is 62.6 Å². The van der Waals surface area contributed by atoms with Gasteiger partial charge in [-0.15, -0.1) is 0 Å². The first-order valence-corrected chi connectivity index (χ1v) is 22.6. The monoisotopic (exact) mass is 996 g/mol. The zero-order valence-corrected chi connectivity index (χ0v) is 38.7. The average Bonchev–Trinajstić information content (AvgIpc) is 3.92. The summed E-state index contributed by atoms with van der Waals surface area (Å²) < 4.78 is 26.4. The van der Waals surface area contributed by atoms with Crippen LogP contribution >= 0.6 is 0 Å². The number of hydrogen-bond acceptors (Lipinski definition) is 23. The summed E-state index contributed by atoms with van der Waals surface area (Å²) in [6.45, 7) is -1.13. The molecule has 2 atom stereocenters. The van der Waals surface area contributed by atoms with Gasteiger partial charge in [-0.25, -0.2) is 4.90 Å². The van der Waals surface area contributed by atoms with Crippen LogP contribution < -0.4 is 23.7 Å². The van der Waals surface area contributed by atoms with Crippen molar-refractivity contribution in [2.75, 3.05) is 54.3 Å². The number of Topliss-reactive ketones (excluding diaryl/α,β-unsaturated/α-hetero) is 2. The number of carbonyl (C=O) groups excluding carboxylic acids is 2. The lowest BCUT2D eigenvalue weighted by atomic mass is 9.79. The van der Waals surface area contributed by atoms with Gasteiger partial charge in [-0.2, -0.15) is 0 Å². The summed E-state index contributed by atoms with van der Waals surface area (Å²) >= 11 is 0. The molecule has 0 saturated carbocycles. The van der Waals surface area contributed by atoms with E-state index in [9.17, 15) is 81.1 Å². The Morgan fingerprint density at radius 3 is 1.39 bits per heavy atom. The number of phenolic OH excluding ortho intramolecular Hbond substituents is 8. The molecule has 0 amide bonds. The van der Waals surface area contributed by atoms with E-state index in [0.29, 0.717) is 0 Å². The Kier molecular flexibility index (Phi) is 13.4. The number of likely N-dealkylation sites (tertiary alicyclic amines) is 2. The molecule has 71 heavy (non-hydrogen) atoms. The van der Waals surface area contributed by atoms with E-state index in [1.807, 2.05) is 0 Å². The number of hydrogen-bond donors (Lipinski definition) is 14. The molecule has 0 aromatic heterocycles. The van der Waals surface area contributed by atoms with Crippen molar-refractivity contribution in [1.82, 2.24) is 9.80 Å². The van der Waals surface area contributed by atoms with Crippen LogP contribution in [0.4, 0.5) is 0 Å². The Hall–Kier alpha value is -6.70. The number of aliphatic hydroxyl groups is 6. The number of nitrogens with zero attached hydrogens (tertiary/aromatic N) is 2. The van der Waals surface area contributed by atoms with Crippen molar-refractivity contribution in [3.05, 3.63) is 63.7 Å². The second kappa shape index (κ2) is 18.8. The Balaban J connectivity index is 0.910. The van der Waals surface area contributed by atoms with Crippen LogP contribution in [0.15, 0.2) is 30.3 Å². The number of rotatable bonds is 15. The highest BCUT2D eigenvalue weighted by Gasteiger charge is 2.55. The topological polar surface area (TPSA) is 370 Å². The van der Waals surface area contributed by atoms with Crippen LogP contribution in [0.3, 0.4) is 0 Å². The summed E-state index contributed by atoms with van der Waals surface area (Å²) in [6, 6.07) is 8.05. The molecular weight excluding hydrogens is 941 g/mol. The highest BCUT2D eigenvalue weighted by Crippen LogP contribution is 2.57. The highest BCUT2D eigenvalue weighted by atomic mass is 16.7. The van der Waals surface area contributed by atoms with E-state index < -0.39 is 135 Å². The minimum absolute atomic E-state index is 0.00402. The molecule has 4 aliphatic rings. The summed E-state index contributed by atoms with van der Waals surface area (Å²) in [5.41, 5.74) is -1.20. The molecule has 2 aliphatic carbocycles. The normalized spacial score (nSPS) is 19.5. The van der Waals surface area contributed by atoms with Crippen molar-refractivity contribution in [1.29, 1.82) is 0 Å². The molecule has 4 aromatic carbocycles. The van der Waals surface area contributed by atoms with Gasteiger partial charge < -0.3 is 95.2 Å². The van der Waals surface area contributed by atoms with Gasteiger partial charge in [-0.05, 0) is 51.6 Å². The minimum Gasteiger partial charge on any atom is -0.504 e. The number of ether oxygens (including phenoxy) is 5. The lowest BCUT2D eigenvalue weighted by Gasteiger charge is -2.44. The van der Waals surface area contributed by atoms with Crippen molar-refractivity contribution in [3.8, 4) is 74.7 Å². The number of piperidine rings is 2. The first kappa shape index (κ1) is 50.7. The third-order valence-corrected chi connectivity index (χ3v) is 14.6. The number of ketones is 2. The third kappa shape index (κ3) is 8.30. The molecule has 0 bridgehead atoms. The Morgan fingerprint density at radius 1 is 0.521 bits per heavy atom. The smallest absolute Gasteiger partial charge is 0.253 e. The largest absolute Gasteiger partial charge is 0.504 e. The van der Waals surface area contributed by atoms with E-state index in [1.54, 1.807) is 23.1 Å². The molecule has 2 aliphatic heterocycles. The number of phenols is 8. The zero-order chi connectivity index (χ0) is 51.6. The molecule has 23 nitrogen and oxygen atoms in total. The van der Waals surface area contributed by atoms with Gasteiger partial charge >= 0.3 is 0 Å². The second-order valence-corrected chi connectivity index (χ2v) is 18.3. The van der Waals surface area contributed by atoms with Crippen LogP contribution in [0.2, 0.25) is 0 Å². The number of methoxy groups -OCH3 is 3. The van der Waals surface area contributed by atoms with Crippen molar-refractivity contribution < 1.29 is 105 Å². The van der Waals surface area contributed by atoms with Crippen LogP contribution in [-0.4, -0.2) is 159 Å². The fourth-order valence-corrected chi connectivity index (χ4v) is 10.6. The van der Waals surface area contributed by atoms with Crippen molar-refractivity contribution in [2.24, 2.45) is 23.7 Å². The van der Waals surface area contributed by atoms with Crippen LogP contribution in [0.25, 0.3) is 0 Å².